The van der Waals surface area contributed by atoms with Crippen molar-refractivity contribution in [1.29, 1.82) is 5.41 Å². The Kier molecular flexibility index (Phi) is 13.0. The van der Waals surface area contributed by atoms with Crippen molar-refractivity contribution in [3.05, 3.63) is 70.4 Å². The van der Waals surface area contributed by atoms with E-state index in [-0.39, 0.29) is 24.1 Å². The van der Waals surface area contributed by atoms with Crippen molar-refractivity contribution in [2.45, 2.75) is 39.5 Å². The van der Waals surface area contributed by atoms with Gasteiger partial charge < -0.3 is 29.7 Å². The van der Waals surface area contributed by atoms with Crippen molar-refractivity contribution in [3.63, 3.8) is 0 Å². The summed E-state index contributed by atoms with van der Waals surface area (Å²) in [4.78, 5) is 18.0. The molecule has 0 aliphatic carbocycles. The number of piperazine rings is 1. The molecule has 3 aromatic rings. The minimum Gasteiger partial charge on any atom is -0.502 e. The number of nitrogens with one attached hydrogen (secondary N) is 2. The molecule has 1 aromatic heterocycles. The molecule has 2 aromatic carbocycles. The highest BCUT2D eigenvalue weighted by Gasteiger charge is 2.20. The molecule has 0 atom stereocenters. The Bertz CT molecular complexity index is 1280. The van der Waals surface area contributed by atoms with Gasteiger partial charge in [-0.3, -0.25) is 10.2 Å². The van der Waals surface area contributed by atoms with Gasteiger partial charge in [0, 0.05) is 43.6 Å². The second-order valence-corrected chi connectivity index (χ2v) is 10.9. The second-order valence-electron chi connectivity index (χ2n) is 9.94. The van der Waals surface area contributed by atoms with E-state index in [0.29, 0.717) is 43.6 Å². The number of carbonyl (C=O) groups excluding carboxylic acids is 1. The molecule has 226 valence electrons. The summed E-state index contributed by atoms with van der Waals surface area (Å²) in [7, 11) is 0. The lowest BCUT2D eigenvalue weighted by molar-refractivity contribution is -0.126. The summed E-state index contributed by atoms with van der Waals surface area (Å²) in [5.74, 6) is 1.09. The van der Waals surface area contributed by atoms with Gasteiger partial charge in [-0.2, -0.15) is 0 Å². The van der Waals surface area contributed by atoms with Crippen LogP contribution in [0.3, 0.4) is 0 Å². The Morgan fingerprint density at radius 2 is 1.62 bits per heavy atom. The molecule has 10 heteroatoms. The minimum absolute atomic E-state index is 0. The van der Waals surface area contributed by atoms with Gasteiger partial charge in [-0.05, 0) is 72.3 Å². The molecule has 1 saturated heterocycles. The lowest BCUT2D eigenvalue weighted by Crippen LogP contribution is -2.48. The average Bonchev–Trinajstić information content (AvgIpc) is 3.54. The molecule has 1 amide bonds. The fourth-order valence-electron chi connectivity index (χ4n) is 4.41. The van der Waals surface area contributed by atoms with Crippen molar-refractivity contribution in [1.82, 2.24) is 4.90 Å². The number of rotatable bonds is 13. The highest BCUT2D eigenvalue weighted by atomic mass is 35.5. The SMILES string of the molecule is CCCCOc1cc(C=CC(=O)N2CCN(c3ccc(NC(=N)c4cccs4)cc3)CC2)cc(OCCCC)c1O.Cl. The maximum absolute atomic E-state index is 13.0. The number of phenols is 1. The predicted molar refractivity (Wildman–Crippen MR) is 175 cm³/mol. The van der Waals surface area contributed by atoms with Crippen molar-refractivity contribution in [2.24, 2.45) is 0 Å². The zero-order chi connectivity index (χ0) is 29.0. The topological polar surface area (TPSA) is 98.1 Å². The van der Waals surface area contributed by atoms with E-state index >= 15 is 0 Å². The lowest BCUT2D eigenvalue weighted by Gasteiger charge is -2.35. The van der Waals surface area contributed by atoms with Gasteiger partial charge in [-0.15, -0.1) is 23.7 Å². The summed E-state index contributed by atoms with van der Waals surface area (Å²) in [6, 6.07) is 15.4. The quantitative estimate of drug-likeness (QED) is 0.0829. The van der Waals surface area contributed by atoms with Gasteiger partial charge in [0.2, 0.25) is 11.7 Å². The van der Waals surface area contributed by atoms with E-state index < -0.39 is 0 Å². The number of aromatic hydroxyl groups is 1. The van der Waals surface area contributed by atoms with Gasteiger partial charge in [0.15, 0.2) is 11.5 Å². The largest absolute Gasteiger partial charge is 0.502 e. The van der Waals surface area contributed by atoms with E-state index in [1.165, 1.54) is 11.3 Å². The first-order valence-corrected chi connectivity index (χ1v) is 15.2. The van der Waals surface area contributed by atoms with Crippen molar-refractivity contribution in [3.8, 4) is 17.2 Å². The number of hydrogen-bond donors (Lipinski definition) is 3. The van der Waals surface area contributed by atoms with E-state index in [1.807, 2.05) is 46.7 Å². The Hall–Kier alpha value is -3.69. The molecule has 3 N–H and O–H groups in total. The van der Waals surface area contributed by atoms with Gasteiger partial charge in [0.05, 0.1) is 18.1 Å². The molecular formula is C32H41ClN4O4S. The van der Waals surface area contributed by atoms with Crippen LogP contribution in [0.15, 0.2) is 60.0 Å². The number of nitrogens with zero attached hydrogens (tertiary/aromatic N) is 2. The van der Waals surface area contributed by atoms with E-state index in [9.17, 15) is 9.90 Å². The standard InChI is InChI=1S/C32H40N4O4S.ClH/c1-3-5-19-39-27-22-24(23-28(31(27)38)40-20-6-4-2)9-14-30(37)36-17-15-35(16-18-36)26-12-10-25(11-13-26)34-32(33)29-8-7-21-41-29;/h7-14,21-23,38H,3-6,15-20H2,1-2H3,(H2,33,34);1H. The van der Waals surface area contributed by atoms with Gasteiger partial charge in [-0.25, -0.2) is 0 Å². The van der Waals surface area contributed by atoms with Crippen LogP contribution in [-0.4, -0.2) is 61.1 Å². The molecule has 0 saturated carbocycles. The molecule has 1 aliphatic rings. The van der Waals surface area contributed by atoms with Gasteiger partial charge >= 0.3 is 0 Å². The first kappa shape index (κ1) is 32.8. The number of amidine groups is 1. The van der Waals surface area contributed by atoms with Crippen LogP contribution in [-0.2, 0) is 4.79 Å². The van der Waals surface area contributed by atoms with Gasteiger partial charge in [0.1, 0.15) is 5.84 Å². The first-order chi connectivity index (χ1) is 20.0. The van der Waals surface area contributed by atoms with Crippen LogP contribution < -0.4 is 19.7 Å². The number of ether oxygens (including phenoxy) is 2. The first-order valence-electron chi connectivity index (χ1n) is 14.3. The molecular weight excluding hydrogens is 572 g/mol. The molecule has 0 bridgehead atoms. The van der Waals surface area contributed by atoms with Crippen LogP contribution >= 0.6 is 23.7 Å². The van der Waals surface area contributed by atoms with Crippen molar-refractivity contribution >= 4 is 52.9 Å². The average molecular weight is 613 g/mol. The Morgan fingerprint density at radius 1 is 1.00 bits per heavy atom. The zero-order valence-corrected chi connectivity index (χ0v) is 25.9. The monoisotopic (exact) mass is 612 g/mol. The number of unbranched alkanes of at least 4 members (excludes halogenated alkanes) is 2. The fourth-order valence-corrected chi connectivity index (χ4v) is 5.04. The van der Waals surface area contributed by atoms with Crippen LogP contribution in [0.5, 0.6) is 17.2 Å². The van der Waals surface area contributed by atoms with Crippen LogP contribution in [0.2, 0.25) is 0 Å². The molecule has 8 nitrogen and oxygen atoms in total. The number of carbonyl (C=O) groups is 1. The van der Waals surface area contributed by atoms with E-state index in [2.05, 4.69) is 24.1 Å². The van der Waals surface area contributed by atoms with Crippen LogP contribution in [0, 0.1) is 5.41 Å². The van der Waals surface area contributed by atoms with Crippen LogP contribution in [0.1, 0.15) is 50.0 Å². The molecule has 0 radical (unpaired) electrons. The summed E-state index contributed by atoms with van der Waals surface area (Å²) in [6.45, 7) is 7.91. The lowest BCUT2D eigenvalue weighted by atomic mass is 10.1. The van der Waals surface area contributed by atoms with E-state index in [4.69, 9.17) is 14.9 Å². The smallest absolute Gasteiger partial charge is 0.246 e. The van der Waals surface area contributed by atoms with E-state index in [0.717, 1.165) is 60.6 Å². The van der Waals surface area contributed by atoms with Crippen LogP contribution in [0.4, 0.5) is 11.4 Å². The number of anilines is 2. The Labute approximate surface area is 258 Å². The zero-order valence-electron chi connectivity index (χ0n) is 24.3. The summed E-state index contributed by atoms with van der Waals surface area (Å²) in [5.41, 5.74) is 2.71. The highest BCUT2D eigenvalue weighted by molar-refractivity contribution is 7.12. The third kappa shape index (κ3) is 9.16. The van der Waals surface area contributed by atoms with Gasteiger partial charge in [0.25, 0.3) is 0 Å². The molecule has 4 rings (SSSR count). The number of benzene rings is 2. The summed E-state index contributed by atoms with van der Waals surface area (Å²) in [6.07, 6.45) is 7.09. The minimum atomic E-state index is -0.0498. The highest BCUT2D eigenvalue weighted by Crippen LogP contribution is 2.38. The number of halogens is 1. The maximum Gasteiger partial charge on any atom is 0.246 e. The Balaban J connectivity index is 0.00000484. The molecule has 0 unspecified atom stereocenters. The number of amides is 1. The number of phenolic OH excluding ortho intramolecular Hbond substituents is 1. The summed E-state index contributed by atoms with van der Waals surface area (Å²) < 4.78 is 11.6. The molecule has 0 spiro atoms. The second kappa shape index (κ2) is 16.7. The molecule has 42 heavy (non-hydrogen) atoms. The maximum atomic E-state index is 13.0. The Morgan fingerprint density at radius 3 is 2.17 bits per heavy atom. The van der Waals surface area contributed by atoms with Crippen molar-refractivity contribution < 1.29 is 19.4 Å². The summed E-state index contributed by atoms with van der Waals surface area (Å²) in [5, 5.41) is 23.9. The van der Waals surface area contributed by atoms with Crippen molar-refractivity contribution in [2.75, 3.05) is 49.6 Å². The molecule has 1 aliphatic heterocycles. The van der Waals surface area contributed by atoms with Gasteiger partial charge in [-0.1, -0.05) is 32.8 Å². The normalized spacial score (nSPS) is 13.1. The molecule has 1 fully saturated rings. The third-order valence-corrected chi connectivity index (χ3v) is 7.74. The fraction of sp³-hybridized carbons (Fsp3) is 0.375. The van der Waals surface area contributed by atoms with E-state index in [1.54, 1.807) is 24.3 Å². The molecule has 2 heterocycles. The van der Waals surface area contributed by atoms with Crippen LogP contribution in [0.25, 0.3) is 6.08 Å². The predicted octanol–water partition coefficient (Wildman–Crippen LogP) is 7.03. The summed E-state index contributed by atoms with van der Waals surface area (Å²) >= 11 is 1.54. The number of thiophene rings is 1. The number of hydrogen-bond acceptors (Lipinski definition) is 7. The third-order valence-electron chi connectivity index (χ3n) is 6.85.